The number of unbranched alkanes of at least 4 members (excludes halogenated alkanes) is 1. The summed E-state index contributed by atoms with van der Waals surface area (Å²) < 4.78 is 31.1. The predicted octanol–water partition coefficient (Wildman–Crippen LogP) is 2.21. The summed E-state index contributed by atoms with van der Waals surface area (Å²) in [7, 11) is 0.615. The van der Waals surface area contributed by atoms with Crippen molar-refractivity contribution in [2.45, 2.75) is 31.6 Å². The van der Waals surface area contributed by atoms with Crippen molar-refractivity contribution in [1.82, 2.24) is 9.21 Å². The number of amides is 1. The lowest BCUT2D eigenvalue weighted by atomic mass is 10.1. The van der Waals surface area contributed by atoms with Gasteiger partial charge in [-0.3, -0.25) is 4.79 Å². The van der Waals surface area contributed by atoms with Crippen molar-refractivity contribution in [3.8, 4) is 5.75 Å². The van der Waals surface area contributed by atoms with Gasteiger partial charge in [0.1, 0.15) is 10.6 Å². The molecule has 0 aliphatic heterocycles. The summed E-state index contributed by atoms with van der Waals surface area (Å²) in [4.78, 5) is 14.3. The summed E-state index contributed by atoms with van der Waals surface area (Å²) in [5.41, 5.74) is 0.351. The number of ether oxygens (including phenoxy) is 1. The molecule has 0 fully saturated rings. The zero-order valence-corrected chi connectivity index (χ0v) is 15.3. The van der Waals surface area contributed by atoms with Gasteiger partial charge in [-0.15, -0.1) is 0 Å². The molecular weight excluding hydrogens is 316 g/mol. The van der Waals surface area contributed by atoms with E-state index in [1.165, 1.54) is 33.3 Å². The lowest BCUT2D eigenvalue weighted by Crippen LogP contribution is -2.32. The first-order valence-corrected chi connectivity index (χ1v) is 9.13. The zero-order valence-electron chi connectivity index (χ0n) is 14.5. The minimum Gasteiger partial charge on any atom is -0.495 e. The second kappa shape index (κ2) is 8.31. The molecule has 0 unspecified atom stereocenters. The van der Waals surface area contributed by atoms with Crippen molar-refractivity contribution >= 4 is 15.9 Å². The summed E-state index contributed by atoms with van der Waals surface area (Å²) >= 11 is 0. The maximum atomic E-state index is 12.6. The molecule has 0 aromatic heterocycles. The van der Waals surface area contributed by atoms with Crippen LogP contribution in [0.5, 0.6) is 5.75 Å². The Labute approximate surface area is 139 Å². The van der Waals surface area contributed by atoms with E-state index in [-0.39, 0.29) is 16.6 Å². The van der Waals surface area contributed by atoms with Crippen molar-refractivity contribution in [3.63, 3.8) is 0 Å². The molecule has 1 aromatic carbocycles. The minimum absolute atomic E-state index is 0.00222. The molecule has 23 heavy (non-hydrogen) atoms. The van der Waals surface area contributed by atoms with Crippen LogP contribution in [0.2, 0.25) is 0 Å². The Kier molecular flexibility index (Phi) is 7.02. The van der Waals surface area contributed by atoms with Crippen LogP contribution in [0, 0.1) is 0 Å². The lowest BCUT2D eigenvalue weighted by Gasteiger charge is -2.22. The van der Waals surface area contributed by atoms with E-state index in [2.05, 4.69) is 6.92 Å². The summed E-state index contributed by atoms with van der Waals surface area (Å²) in [6.45, 7) is 5.22. The molecule has 130 valence electrons. The van der Waals surface area contributed by atoms with Crippen LogP contribution in [-0.4, -0.2) is 57.8 Å². The number of hydrogen-bond donors (Lipinski definition) is 0. The third kappa shape index (κ3) is 4.45. The zero-order chi connectivity index (χ0) is 17.6. The Bertz CT molecular complexity index is 641. The maximum Gasteiger partial charge on any atom is 0.253 e. The summed E-state index contributed by atoms with van der Waals surface area (Å²) in [6, 6.07) is 4.52. The second-order valence-corrected chi connectivity index (χ2v) is 7.51. The highest BCUT2D eigenvalue weighted by atomic mass is 32.2. The highest BCUT2D eigenvalue weighted by molar-refractivity contribution is 7.89. The van der Waals surface area contributed by atoms with E-state index < -0.39 is 10.0 Å². The number of carbonyl (C=O) groups excluding carboxylic acids is 1. The fourth-order valence-electron chi connectivity index (χ4n) is 2.14. The molecule has 0 aliphatic rings. The number of carbonyl (C=O) groups is 1. The standard InChI is InChI=1S/C16H26N2O4S/c1-6-8-11-18(7-2)16(19)13-9-10-14(22-5)15(12-13)23(20,21)17(3)4/h9-10,12H,6-8,11H2,1-5H3. The smallest absolute Gasteiger partial charge is 0.253 e. The van der Waals surface area contributed by atoms with E-state index >= 15 is 0 Å². The van der Waals surface area contributed by atoms with Crippen molar-refractivity contribution in [1.29, 1.82) is 0 Å². The van der Waals surface area contributed by atoms with E-state index in [0.29, 0.717) is 18.7 Å². The summed E-state index contributed by atoms with van der Waals surface area (Å²) in [5, 5.41) is 0. The minimum atomic E-state index is -3.69. The van der Waals surface area contributed by atoms with Crippen LogP contribution in [0.1, 0.15) is 37.0 Å². The first kappa shape index (κ1) is 19.4. The fraction of sp³-hybridized carbons (Fsp3) is 0.562. The molecule has 1 amide bonds. The number of hydrogen-bond acceptors (Lipinski definition) is 4. The van der Waals surface area contributed by atoms with Gasteiger partial charge >= 0.3 is 0 Å². The van der Waals surface area contributed by atoms with E-state index in [9.17, 15) is 13.2 Å². The third-order valence-corrected chi connectivity index (χ3v) is 5.46. The van der Waals surface area contributed by atoms with Crippen LogP contribution in [-0.2, 0) is 10.0 Å². The molecule has 7 heteroatoms. The first-order valence-electron chi connectivity index (χ1n) is 7.69. The van der Waals surface area contributed by atoms with Gasteiger partial charge in [-0.2, -0.15) is 0 Å². The van der Waals surface area contributed by atoms with Gasteiger partial charge in [-0.1, -0.05) is 13.3 Å². The molecule has 1 aromatic rings. The summed E-state index contributed by atoms with van der Waals surface area (Å²) in [6.07, 6.45) is 1.91. The Morgan fingerprint density at radius 3 is 2.35 bits per heavy atom. The van der Waals surface area contributed by atoms with E-state index in [4.69, 9.17) is 4.74 Å². The van der Waals surface area contributed by atoms with Gasteiger partial charge in [0.15, 0.2) is 0 Å². The van der Waals surface area contributed by atoms with Crippen molar-refractivity contribution in [2.24, 2.45) is 0 Å². The van der Waals surface area contributed by atoms with Crippen LogP contribution < -0.4 is 4.74 Å². The van der Waals surface area contributed by atoms with Gasteiger partial charge in [-0.25, -0.2) is 12.7 Å². The molecular formula is C16H26N2O4S. The average molecular weight is 342 g/mol. The monoisotopic (exact) mass is 342 g/mol. The van der Waals surface area contributed by atoms with Gasteiger partial charge in [0.05, 0.1) is 7.11 Å². The van der Waals surface area contributed by atoms with Gasteiger partial charge in [0, 0.05) is 32.7 Å². The normalized spacial score (nSPS) is 11.6. The van der Waals surface area contributed by atoms with Crippen molar-refractivity contribution in [2.75, 3.05) is 34.3 Å². The van der Waals surface area contributed by atoms with Gasteiger partial charge in [0.2, 0.25) is 10.0 Å². The van der Waals surface area contributed by atoms with Gasteiger partial charge in [0.25, 0.3) is 5.91 Å². The number of methoxy groups -OCH3 is 1. The maximum absolute atomic E-state index is 12.6. The molecule has 6 nitrogen and oxygen atoms in total. The Balaban J connectivity index is 3.27. The molecule has 0 heterocycles. The molecule has 0 N–H and O–H groups in total. The van der Waals surface area contributed by atoms with E-state index in [0.717, 1.165) is 17.1 Å². The van der Waals surface area contributed by atoms with Gasteiger partial charge in [-0.05, 0) is 31.5 Å². The second-order valence-electron chi connectivity index (χ2n) is 5.39. The number of benzene rings is 1. The fourth-order valence-corrected chi connectivity index (χ4v) is 3.22. The quantitative estimate of drug-likeness (QED) is 0.726. The number of rotatable bonds is 8. The predicted molar refractivity (Wildman–Crippen MR) is 90.4 cm³/mol. The SMILES string of the molecule is CCCCN(CC)C(=O)c1ccc(OC)c(S(=O)(=O)N(C)C)c1. The average Bonchev–Trinajstić information content (AvgIpc) is 2.54. The van der Waals surface area contributed by atoms with Crippen LogP contribution in [0.15, 0.2) is 23.1 Å². The molecule has 0 spiro atoms. The third-order valence-electron chi connectivity index (χ3n) is 3.62. The van der Waals surface area contributed by atoms with Crippen LogP contribution >= 0.6 is 0 Å². The highest BCUT2D eigenvalue weighted by Gasteiger charge is 2.25. The number of nitrogens with zero attached hydrogens (tertiary/aromatic N) is 2. The molecule has 0 atom stereocenters. The molecule has 0 radical (unpaired) electrons. The lowest BCUT2D eigenvalue weighted by molar-refractivity contribution is 0.0762. The topological polar surface area (TPSA) is 66.9 Å². The summed E-state index contributed by atoms with van der Waals surface area (Å²) in [5.74, 6) is 0.0608. The molecule has 0 saturated carbocycles. The van der Waals surface area contributed by atoms with E-state index in [1.807, 2.05) is 6.92 Å². The molecule has 0 bridgehead atoms. The molecule has 0 saturated heterocycles. The first-order chi connectivity index (χ1) is 10.8. The van der Waals surface area contributed by atoms with Crippen molar-refractivity contribution in [3.05, 3.63) is 23.8 Å². The van der Waals surface area contributed by atoms with Gasteiger partial charge < -0.3 is 9.64 Å². The Hall–Kier alpha value is -1.60. The van der Waals surface area contributed by atoms with E-state index in [1.54, 1.807) is 11.0 Å². The van der Waals surface area contributed by atoms with Crippen molar-refractivity contribution < 1.29 is 17.9 Å². The Morgan fingerprint density at radius 2 is 1.87 bits per heavy atom. The van der Waals surface area contributed by atoms with Crippen LogP contribution in [0.4, 0.5) is 0 Å². The molecule has 1 rings (SSSR count). The highest BCUT2D eigenvalue weighted by Crippen LogP contribution is 2.27. The number of sulfonamides is 1. The Morgan fingerprint density at radius 1 is 1.22 bits per heavy atom. The van der Waals surface area contributed by atoms with Crippen LogP contribution in [0.3, 0.4) is 0 Å². The van der Waals surface area contributed by atoms with Crippen LogP contribution in [0.25, 0.3) is 0 Å². The largest absolute Gasteiger partial charge is 0.495 e. The molecule has 0 aliphatic carbocycles.